The highest BCUT2D eigenvalue weighted by Crippen LogP contribution is 2.25. The molecule has 3 N–H and O–H groups in total. The van der Waals surface area contributed by atoms with Crippen molar-refractivity contribution in [3.8, 4) is 5.75 Å². The van der Waals surface area contributed by atoms with Crippen LogP contribution in [0, 0.1) is 5.82 Å². The van der Waals surface area contributed by atoms with E-state index in [-0.39, 0.29) is 23.4 Å². The van der Waals surface area contributed by atoms with E-state index in [1.54, 1.807) is 18.2 Å². The van der Waals surface area contributed by atoms with Gasteiger partial charge in [0.2, 0.25) is 5.95 Å². The minimum absolute atomic E-state index is 0.229. The van der Waals surface area contributed by atoms with Crippen molar-refractivity contribution in [2.75, 3.05) is 37.4 Å². The molecule has 0 saturated carbocycles. The predicted octanol–water partition coefficient (Wildman–Crippen LogP) is 2.19. The van der Waals surface area contributed by atoms with Crippen LogP contribution in [0.15, 0.2) is 30.3 Å². The molecular weight excluding hydrogens is 299 g/mol. The van der Waals surface area contributed by atoms with Crippen LogP contribution < -0.4 is 15.8 Å². The van der Waals surface area contributed by atoms with E-state index in [1.807, 2.05) is 6.07 Å². The molecule has 2 aromatic rings. The SMILES string of the molecule is Nc1nc(NCCOc2ccccc2F)cc([C@@H]2CCOC2)n1. The lowest BCUT2D eigenvalue weighted by Gasteiger charge is -2.12. The Morgan fingerprint density at radius 2 is 2.22 bits per heavy atom. The first-order valence-electron chi connectivity index (χ1n) is 7.56. The first-order chi connectivity index (χ1) is 11.2. The number of ether oxygens (including phenoxy) is 2. The number of aromatic nitrogens is 2. The fourth-order valence-electron chi connectivity index (χ4n) is 2.45. The molecule has 23 heavy (non-hydrogen) atoms. The second-order valence-electron chi connectivity index (χ2n) is 5.30. The Morgan fingerprint density at radius 3 is 3.00 bits per heavy atom. The Bertz CT molecular complexity index is 662. The molecule has 0 radical (unpaired) electrons. The highest BCUT2D eigenvalue weighted by atomic mass is 19.1. The van der Waals surface area contributed by atoms with Crippen LogP contribution in [-0.4, -0.2) is 36.3 Å². The third-order valence-electron chi connectivity index (χ3n) is 3.61. The van der Waals surface area contributed by atoms with Crippen LogP contribution in [0.2, 0.25) is 0 Å². The first kappa shape index (κ1) is 15.5. The van der Waals surface area contributed by atoms with E-state index in [9.17, 15) is 4.39 Å². The average Bonchev–Trinajstić information content (AvgIpc) is 3.07. The Morgan fingerprint density at radius 1 is 1.35 bits per heavy atom. The largest absolute Gasteiger partial charge is 0.489 e. The molecule has 1 aromatic heterocycles. The van der Waals surface area contributed by atoms with Gasteiger partial charge in [-0.05, 0) is 18.6 Å². The van der Waals surface area contributed by atoms with Crippen LogP contribution in [0.5, 0.6) is 5.75 Å². The van der Waals surface area contributed by atoms with Crippen LogP contribution in [0.4, 0.5) is 16.2 Å². The van der Waals surface area contributed by atoms with Gasteiger partial charge in [-0.3, -0.25) is 0 Å². The molecule has 3 rings (SSSR count). The number of halogens is 1. The van der Waals surface area contributed by atoms with Crippen molar-refractivity contribution < 1.29 is 13.9 Å². The number of benzene rings is 1. The zero-order valence-corrected chi connectivity index (χ0v) is 12.7. The first-order valence-corrected chi connectivity index (χ1v) is 7.56. The molecule has 0 spiro atoms. The molecule has 6 nitrogen and oxygen atoms in total. The summed E-state index contributed by atoms with van der Waals surface area (Å²) in [6, 6.07) is 8.18. The lowest BCUT2D eigenvalue weighted by molar-refractivity contribution is 0.193. The topological polar surface area (TPSA) is 82.3 Å². The summed E-state index contributed by atoms with van der Waals surface area (Å²) in [6.45, 7) is 2.19. The summed E-state index contributed by atoms with van der Waals surface area (Å²) in [5, 5.41) is 3.12. The molecule has 1 atom stereocenters. The van der Waals surface area contributed by atoms with Crippen LogP contribution in [0.1, 0.15) is 18.0 Å². The maximum absolute atomic E-state index is 13.4. The van der Waals surface area contributed by atoms with Gasteiger partial charge >= 0.3 is 0 Å². The van der Waals surface area contributed by atoms with Gasteiger partial charge in [-0.1, -0.05) is 12.1 Å². The summed E-state index contributed by atoms with van der Waals surface area (Å²) in [5.74, 6) is 0.988. The zero-order chi connectivity index (χ0) is 16.1. The third-order valence-corrected chi connectivity index (χ3v) is 3.61. The van der Waals surface area contributed by atoms with Gasteiger partial charge in [-0.2, -0.15) is 4.98 Å². The number of hydrogen-bond acceptors (Lipinski definition) is 6. The monoisotopic (exact) mass is 318 g/mol. The lowest BCUT2D eigenvalue weighted by Crippen LogP contribution is -2.14. The van der Waals surface area contributed by atoms with Crippen LogP contribution >= 0.6 is 0 Å². The van der Waals surface area contributed by atoms with Crippen LogP contribution in [-0.2, 0) is 4.74 Å². The molecule has 0 bridgehead atoms. The van der Waals surface area contributed by atoms with Crippen molar-refractivity contribution in [1.82, 2.24) is 9.97 Å². The van der Waals surface area contributed by atoms with E-state index in [0.717, 1.165) is 18.7 Å². The summed E-state index contributed by atoms with van der Waals surface area (Å²) < 4.78 is 24.2. The number of hydrogen-bond donors (Lipinski definition) is 2. The molecule has 0 unspecified atom stereocenters. The number of nitrogen functional groups attached to an aromatic ring is 1. The predicted molar refractivity (Wildman–Crippen MR) is 85.0 cm³/mol. The molecule has 2 heterocycles. The lowest BCUT2D eigenvalue weighted by atomic mass is 10.0. The molecule has 7 heteroatoms. The molecule has 0 aliphatic carbocycles. The number of nitrogens with one attached hydrogen (secondary N) is 1. The third kappa shape index (κ3) is 4.07. The van der Waals surface area contributed by atoms with Gasteiger partial charge in [0, 0.05) is 18.6 Å². The number of anilines is 2. The molecule has 1 fully saturated rings. The van der Waals surface area contributed by atoms with Gasteiger partial charge in [-0.15, -0.1) is 0 Å². The fourth-order valence-corrected chi connectivity index (χ4v) is 2.45. The maximum Gasteiger partial charge on any atom is 0.222 e. The van der Waals surface area contributed by atoms with E-state index in [4.69, 9.17) is 15.2 Å². The molecule has 1 saturated heterocycles. The quantitative estimate of drug-likeness (QED) is 0.795. The smallest absolute Gasteiger partial charge is 0.222 e. The highest BCUT2D eigenvalue weighted by molar-refractivity contribution is 5.41. The minimum atomic E-state index is -0.373. The summed E-state index contributed by atoms with van der Waals surface area (Å²) in [5.41, 5.74) is 6.64. The van der Waals surface area contributed by atoms with E-state index < -0.39 is 0 Å². The van der Waals surface area contributed by atoms with E-state index in [2.05, 4.69) is 15.3 Å². The molecule has 0 amide bonds. The second-order valence-corrected chi connectivity index (χ2v) is 5.30. The Labute approximate surface area is 133 Å². The molecular formula is C16H19FN4O2. The van der Waals surface area contributed by atoms with Crippen molar-refractivity contribution in [3.05, 3.63) is 41.8 Å². The van der Waals surface area contributed by atoms with Crippen molar-refractivity contribution in [3.63, 3.8) is 0 Å². The van der Waals surface area contributed by atoms with Gasteiger partial charge in [0.15, 0.2) is 11.6 Å². The zero-order valence-electron chi connectivity index (χ0n) is 12.7. The standard InChI is InChI=1S/C16H19FN4O2/c17-12-3-1-2-4-14(12)23-8-6-19-15-9-13(20-16(18)21-15)11-5-7-22-10-11/h1-4,9,11H,5-8,10H2,(H3,18,19,20,21)/t11-/m1/s1. The fraction of sp³-hybridized carbons (Fsp3) is 0.375. The average molecular weight is 318 g/mol. The van der Waals surface area contributed by atoms with Gasteiger partial charge < -0.3 is 20.5 Å². The van der Waals surface area contributed by atoms with E-state index >= 15 is 0 Å². The van der Waals surface area contributed by atoms with Gasteiger partial charge in [0.05, 0.1) is 18.8 Å². The number of para-hydroxylation sites is 1. The maximum atomic E-state index is 13.4. The van der Waals surface area contributed by atoms with Gasteiger partial charge in [0.1, 0.15) is 12.4 Å². The molecule has 1 aliphatic rings. The second kappa shape index (κ2) is 7.23. The highest BCUT2D eigenvalue weighted by Gasteiger charge is 2.20. The summed E-state index contributed by atoms with van der Waals surface area (Å²) in [4.78, 5) is 8.42. The number of rotatable bonds is 6. The van der Waals surface area contributed by atoms with Crippen molar-refractivity contribution in [2.45, 2.75) is 12.3 Å². The van der Waals surface area contributed by atoms with Crippen molar-refractivity contribution in [1.29, 1.82) is 0 Å². The van der Waals surface area contributed by atoms with Gasteiger partial charge in [0.25, 0.3) is 0 Å². The summed E-state index contributed by atoms with van der Waals surface area (Å²) >= 11 is 0. The molecule has 1 aliphatic heterocycles. The van der Waals surface area contributed by atoms with Gasteiger partial charge in [-0.25, -0.2) is 9.37 Å². The molecule has 122 valence electrons. The van der Waals surface area contributed by atoms with Crippen molar-refractivity contribution in [2.24, 2.45) is 0 Å². The molecule has 1 aromatic carbocycles. The minimum Gasteiger partial charge on any atom is -0.489 e. The van der Waals surface area contributed by atoms with Crippen LogP contribution in [0.25, 0.3) is 0 Å². The van der Waals surface area contributed by atoms with Crippen molar-refractivity contribution >= 4 is 11.8 Å². The normalized spacial score (nSPS) is 17.2. The number of nitrogens with zero attached hydrogens (tertiary/aromatic N) is 2. The summed E-state index contributed by atoms with van der Waals surface area (Å²) in [6.07, 6.45) is 0.937. The Kier molecular flexibility index (Phi) is 4.87. The number of nitrogens with two attached hydrogens (primary N) is 1. The van der Waals surface area contributed by atoms with E-state index in [0.29, 0.717) is 25.6 Å². The summed E-state index contributed by atoms with van der Waals surface area (Å²) in [7, 11) is 0. The van der Waals surface area contributed by atoms with Crippen LogP contribution in [0.3, 0.4) is 0 Å². The Balaban J connectivity index is 1.54. The van der Waals surface area contributed by atoms with E-state index in [1.165, 1.54) is 6.07 Å². The Hall–Kier alpha value is -2.41.